The number of ether oxygens (including phenoxy) is 5. The Labute approximate surface area is 343 Å². The summed E-state index contributed by atoms with van der Waals surface area (Å²) in [6.45, 7) is 2.72. The molecule has 6 unspecified atom stereocenters. The van der Waals surface area contributed by atoms with E-state index in [9.17, 15) is 50.4 Å². The van der Waals surface area contributed by atoms with Crippen LogP contribution in [0.4, 0.5) is 0 Å². The van der Waals surface area contributed by atoms with Gasteiger partial charge in [-0.2, -0.15) is 0 Å². The van der Waals surface area contributed by atoms with Gasteiger partial charge in [-0.1, -0.05) is 5.21 Å². The number of hydrogen-bond acceptors (Lipinski definition) is 25. The Morgan fingerprint density at radius 3 is 1.90 bits per heavy atom. The third kappa shape index (κ3) is 12.0. The third-order valence-corrected chi connectivity index (χ3v) is 9.98. The molecule has 0 saturated carbocycles. The average molecular weight is 866 g/mol. The zero-order valence-corrected chi connectivity index (χ0v) is 32.5. The molecular formula is C32H59N13O15. The molecule has 2 amide bonds. The zero-order chi connectivity index (χ0) is 43.5. The van der Waals surface area contributed by atoms with E-state index >= 15 is 0 Å². The summed E-state index contributed by atoms with van der Waals surface area (Å²) in [5.74, 6) is -0.977. The molecule has 0 bridgehead atoms. The maximum absolute atomic E-state index is 12.6. The van der Waals surface area contributed by atoms with E-state index in [1.807, 2.05) is 0 Å². The number of rotatable bonds is 21. The van der Waals surface area contributed by atoms with Crippen molar-refractivity contribution in [3.8, 4) is 0 Å². The number of carbonyl (C=O) groups excluding carboxylic acids is 2. The highest BCUT2D eigenvalue weighted by Crippen LogP contribution is 2.32. The lowest BCUT2D eigenvalue weighted by molar-refractivity contribution is -0.373. The second kappa shape index (κ2) is 22.7. The van der Waals surface area contributed by atoms with Gasteiger partial charge in [0.25, 0.3) is 11.8 Å². The van der Waals surface area contributed by atoms with Gasteiger partial charge in [-0.3, -0.25) is 20.0 Å². The van der Waals surface area contributed by atoms with E-state index in [-0.39, 0.29) is 37.6 Å². The van der Waals surface area contributed by atoms with Gasteiger partial charge in [0, 0.05) is 65.1 Å². The summed E-state index contributed by atoms with van der Waals surface area (Å²) in [5.41, 5.74) is 22.3. The van der Waals surface area contributed by atoms with Crippen molar-refractivity contribution in [2.45, 2.75) is 98.7 Å². The Hall–Kier alpha value is -3.34. The van der Waals surface area contributed by atoms with Crippen LogP contribution >= 0.6 is 0 Å². The van der Waals surface area contributed by atoms with Crippen LogP contribution in [-0.2, 0) is 35.0 Å². The molecule has 0 aliphatic carbocycles. The van der Waals surface area contributed by atoms with Crippen LogP contribution in [0, 0.1) is 0 Å². The molecule has 0 radical (unpaired) electrons. The normalized spacial score (nSPS) is 35.8. The van der Waals surface area contributed by atoms with E-state index in [4.69, 9.17) is 40.9 Å². The Morgan fingerprint density at radius 2 is 1.27 bits per heavy atom. The van der Waals surface area contributed by atoms with E-state index in [1.54, 1.807) is 0 Å². The van der Waals surface area contributed by atoms with Gasteiger partial charge in [0.2, 0.25) is 0 Å². The van der Waals surface area contributed by atoms with E-state index in [2.05, 4.69) is 42.5 Å². The maximum atomic E-state index is 12.6. The molecule has 20 N–H and O–H groups in total. The van der Waals surface area contributed by atoms with Crippen molar-refractivity contribution in [3.63, 3.8) is 0 Å². The topological polar surface area (TPSA) is 426 Å². The number of nitrogens with two attached hydrogens (primary N) is 3. The van der Waals surface area contributed by atoms with Gasteiger partial charge >= 0.3 is 0 Å². The first-order chi connectivity index (χ1) is 28.8. The molecule has 1 aromatic rings. The van der Waals surface area contributed by atoms with Gasteiger partial charge < -0.3 is 103 Å². The fraction of sp³-hybridized carbons (Fsp3) is 0.812. The van der Waals surface area contributed by atoms with Crippen LogP contribution < -0.4 is 49.4 Å². The number of carbonyl (C=O) groups is 2. The number of aliphatic hydroxyl groups is 8. The Morgan fingerprint density at radius 1 is 0.683 bits per heavy atom. The zero-order valence-electron chi connectivity index (χ0n) is 32.5. The van der Waals surface area contributed by atoms with Gasteiger partial charge in [0.05, 0.1) is 19.3 Å². The number of nitrogens with one attached hydrogen (secondary N) is 6. The summed E-state index contributed by atoms with van der Waals surface area (Å²) < 4.78 is 30.1. The Balaban J connectivity index is 1.20. The van der Waals surface area contributed by atoms with Crippen LogP contribution in [0.15, 0.2) is 18.1 Å². The molecule has 3 saturated heterocycles. The number of aromatic nitrogens is 3. The van der Waals surface area contributed by atoms with E-state index in [0.29, 0.717) is 45.8 Å². The molecule has 28 heteroatoms. The summed E-state index contributed by atoms with van der Waals surface area (Å²) in [7, 11) is 0. The number of nitrogens with zero attached hydrogens (tertiary/aromatic N) is 4. The number of aliphatic hydroxyl groups excluding tert-OH is 8. The monoisotopic (exact) mass is 865 g/mol. The Bertz CT molecular complexity index is 1540. The molecule has 4 aliphatic rings. The van der Waals surface area contributed by atoms with E-state index < -0.39 is 104 Å². The molecular weight excluding hydrogens is 806 g/mol. The van der Waals surface area contributed by atoms with Crippen LogP contribution in [0.5, 0.6) is 0 Å². The molecule has 0 aromatic carbocycles. The molecule has 3 fully saturated rings. The molecule has 28 nitrogen and oxygen atoms in total. The molecule has 1 aromatic heterocycles. The van der Waals surface area contributed by atoms with Crippen LogP contribution in [0.25, 0.3) is 0 Å². The third-order valence-electron chi connectivity index (χ3n) is 9.98. The number of hydrazine groups is 2. The molecule has 4 aliphatic heterocycles. The minimum absolute atomic E-state index is 0.0467. The molecule has 342 valence electrons. The predicted molar refractivity (Wildman–Crippen MR) is 199 cm³/mol. The smallest absolute Gasteiger partial charge is 0.273 e. The van der Waals surface area contributed by atoms with Crippen molar-refractivity contribution < 1.29 is 74.1 Å². The van der Waals surface area contributed by atoms with Crippen molar-refractivity contribution in [2.24, 2.45) is 17.2 Å². The summed E-state index contributed by atoms with van der Waals surface area (Å²) in [6.07, 6.45) is -22.6. The minimum atomic E-state index is -1.95. The molecule has 5 rings (SSSR count). The van der Waals surface area contributed by atoms with Crippen molar-refractivity contribution >= 4 is 11.8 Å². The lowest BCUT2D eigenvalue weighted by Gasteiger charge is -2.48. The highest BCUT2D eigenvalue weighted by Gasteiger charge is 2.53. The second-order valence-electron chi connectivity index (χ2n) is 14.4. The van der Waals surface area contributed by atoms with Gasteiger partial charge in [0.15, 0.2) is 24.6 Å². The fourth-order valence-corrected chi connectivity index (χ4v) is 6.71. The van der Waals surface area contributed by atoms with Crippen LogP contribution in [0.3, 0.4) is 0 Å². The SMILES string of the molecule is NCCNCCNC(=O)C1=CN(CC2O[C@H](O)C(O)[C@@H](O)[C@@H]2O[C@H]2OC(CN)[C@@H](O[C@H]3OC(Cn4cc(C(=O)NCCNCCN)nn4)[C@@H](O)[C@H](O)C3O)[C@H](O)C2O)NN1. The first kappa shape index (κ1) is 47.7. The van der Waals surface area contributed by atoms with Crippen molar-refractivity contribution in [3.05, 3.63) is 23.8 Å². The quantitative estimate of drug-likeness (QED) is 0.0510. The van der Waals surface area contributed by atoms with Crippen molar-refractivity contribution in [1.82, 2.24) is 52.2 Å². The lowest BCUT2D eigenvalue weighted by Crippen LogP contribution is -2.67. The van der Waals surface area contributed by atoms with E-state index in [1.165, 1.54) is 22.1 Å². The average Bonchev–Trinajstić information content (AvgIpc) is 3.91. The summed E-state index contributed by atoms with van der Waals surface area (Å²) in [4.78, 5) is 25.1. The predicted octanol–water partition coefficient (Wildman–Crippen LogP) is -11.2. The largest absolute Gasteiger partial charge is 0.388 e. The molecule has 5 heterocycles. The molecule has 0 spiro atoms. The van der Waals surface area contributed by atoms with Gasteiger partial charge in [-0.25, -0.2) is 4.68 Å². The van der Waals surface area contributed by atoms with Gasteiger partial charge in [-0.05, 0) is 0 Å². The first-order valence-corrected chi connectivity index (χ1v) is 19.5. The highest BCUT2D eigenvalue weighted by molar-refractivity contribution is 5.93. The highest BCUT2D eigenvalue weighted by atomic mass is 16.7. The fourth-order valence-electron chi connectivity index (χ4n) is 6.71. The van der Waals surface area contributed by atoms with Crippen LogP contribution in [0.1, 0.15) is 10.5 Å². The summed E-state index contributed by atoms with van der Waals surface area (Å²) in [6, 6.07) is 0. The van der Waals surface area contributed by atoms with Gasteiger partial charge in [0.1, 0.15) is 78.9 Å². The number of hydrogen-bond donors (Lipinski definition) is 17. The molecule has 60 heavy (non-hydrogen) atoms. The van der Waals surface area contributed by atoms with Crippen LogP contribution in [-0.4, -0.2) is 230 Å². The van der Waals surface area contributed by atoms with E-state index in [0.717, 1.165) is 0 Å². The minimum Gasteiger partial charge on any atom is -0.388 e. The summed E-state index contributed by atoms with van der Waals surface area (Å²) >= 11 is 0. The summed E-state index contributed by atoms with van der Waals surface area (Å²) in [5, 5.41) is 107. The van der Waals surface area contributed by atoms with Crippen molar-refractivity contribution in [2.75, 3.05) is 65.4 Å². The standard InChI is InChI=1S/C32H59N13O15/c33-1-3-36-5-7-38-28(53)14-10-44(42-40-14)12-17-19(46)20(47)24(51)31(58-17)59-26-16(9-35)57-32(25(52)22(26)49)60-27-18(56-30(55)23(50)21(27)48)13-45-11-15(41-43-45)29(54)39-8-6-37-4-2-34/h10-11,16-27,30-32,36-37,41,43,46-52,55H,1-9,12-13,33-35H2,(H,38,53)(H,39,54)/t16?,17?,18?,19-,20+,21-,22-,23?,24?,25?,26-,27-,30+,31-,32-/m1/s1. The Kier molecular flexibility index (Phi) is 18.0. The first-order valence-electron chi connectivity index (χ1n) is 19.5. The lowest BCUT2D eigenvalue weighted by atomic mass is 9.95. The second-order valence-corrected chi connectivity index (χ2v) is 14.4. The van der Waals surface area contributed by atoms with Crippen LogP contribution in [0.2, 0.25) is 0 Å². The van der Waals surface area contributed by atoms with Gasteiger partial charge in [-0.15, -0.1) is 10.6 Å². The van der Waals surface area contributed by atoms with Crippen molar-refractivity contribution in [1.29, 1.82) is 0 Å². The maximum Gasteiger partial charge on any atom is 0.273 e. The molecule has 15 atom stereocenters. The number of amides is 2.